The number of pyridine rings is 1. The van der Waals surface area contributed by atoms with Gasteiger partial charge in [-0.25, -0.2) is 4.39 Å². The van der Waals surface area contributed by atoms with E-state index in [0.29, 0.717) is 0 Å². The first-order chi connectivity index (χ1) is 13.1. The molecule has 2 heterocycles. The molecular weight excluding hydrogens is 341 g/mol. The van der Waals surface area contributed by atoms with Gasteiger partial charge in [-0.3, -0.25) is 9.78 Å². The Labute approximate surface area is 160 Å². The van der Waals surface area contributed by atoms with Gasteiger partial charge in [0, 0.05) is 57.1 Å². The van der Waals surface area contributed by atoms with Crippen LogP contribution >= 0.6 is 0 Å². The number of hydrogen-bond acceptors (Lipinski definition) is 3. The number of likely N-dealkylation sites (tertiary alicyclic amines) is 1. The number of benzene rings is 1. The molecule has 27 heavy (non-hydrogen) atoms. The Balaban J connectivity index is 1.44. The molecule has 142 valence electrons. The van der Waals surface area contributed by atoms with Crippen molar-refractivity contribution in [1.82, 2.24) is 14.8 Å². The van der Waals surface area contributed by atoms with E-state index in [4.69, 9.17) is 0 Å². The van der Waals surface area contributed by atoms with Gasteiger partial charge >= 0.3 is 0 Å². The standard InChI is InChI=1S/C22H26FN3O/c1-25(22(27)10-7-18-5-8-19(23)9-6-18)21-12-16-26(17-13-21)15-11-20-4-2-3-14-24-20/h2-10,14,21H,11-13,15-17H2,1H3. The Morgan fingerprint density at radius 1 is 1.22 bits per heavy atom. The average molecular weight is 367 g/mol. The number of nitrogens with zero attached hydrogens (tertiary/aromatic N) is 3. The van der Waals surface area contributed by atoms with Gasteiger partial charge in [0.15, 0.2) is 0 Å². The highest BCUT2D eigenvalue weighted by Gasteiger charge is 2.24. The van der Waals surface area contributed by atoms with E-state index < -0.39 is 0 Å². The van der Waals surface area contributed by atoms with Crippen molar-refractivity contribution in [3.05, 3.63) is 71.8 Å². The number of carbonyl (C=O) groups is 1. The van der Waals surface area contributed by atoms with Gasteiger partial charge in [0.05, 0.1) is 0 Å². The molecule has 0 aliphatic carbocycles. The maximum absolute atomic E-state index is 12.9. The molecule has 1 fully saturated rings. The van der Waals surface area contributed by atoms with E-state index in [-0.39, 0.29) is 17.8 Å². The second-order valence-corrected chi connectivity index (χ2v) is 6.98. The lowest BCUT2D eigenvalue weighted by atomic mass is 10.0. The molecule has 0 unspecified atom stereocenters. The summed E-state index contributed by atoms with van der Waals surface area (Å²) in [5.41, 5.74) is 1.94. The summed E-state index contributed by atoms with van der Waals surface area (Å²) in [5, 5.41) is 0. The van der Waals surface area contributed by atoms with Crippen molar-refractivity contribution in [3.63, 3.8) is 0 Å². The molecule has 4 nitrogen and oxygen atoms in total. The number of likely N-dealkylation sites (N-methyl/N-ethyl adjacent to an activating group) is 1. The van der Waals surface area contributed by atoms with Crippen LogP contribution in [0.25, 0.3) is 6.08 Å². The number of rotatable bonds is 6. The van der Waals surface area contributed by atoms with Crippen molar-refractivity contribution >= 4 is 12.0 Å². The van der Waals surface area contributed by atoms with Crippen LogP contribution in [0.3, 0.4) is 0 Å². The molecule has 2 aromatic rings. The van der Waals surface area contributed by atoms with Crippen molar-refractivity contribution in [1.29, 1.82) is 0 Å². The third-order valence-corrected chi connectivity index (χ3v) is 5.15. The van der Waals surface area contributed by atoms with Crippen molar-refractivity contribution in [2.24, 2.45) is 0 Å². The van der Waals surface area contributed by atoms with Crippen molar-refractivity contribution in [2.75, 3.05) is 26.7 Å². The van der Waals surface area contributed by atoms with Crippen LogP contribution in [0.5, 0.6) is 0 Å². The minimum absolute atomic E-state index is 0.00809. The van der Waals surface area contributed by atoms with Crippen LogP contribution in [0.2, 0.25) is 0 Å². The Hall–Kier alpha value is -2.53. The molecule has 1 saturated heterocycles. The van der Waals surface area contributed by atoms with E-state index in [1.807, 2.05) is 30.3 Å². The van der Waals surface area contributed by atoms with E-state index in [0.717, 1.165) is 50.2 Å². The maximum Gasteiger partial charge on any atom is 0.246 e. The van der Waals surface area contributed by atoms with E-state index in [1.54, 1.807) is 24.3 Å². The van der Waals surface area contributed by atoms with Crippen LogP contribution in [0.4, 0.5) is 4.39 Å². The molecule has 1 aromatic carbocycles. The van der Waals surface area contributed by atoms with Gasteiger partial charge < -0.3 is 9.80 Å². The zero-order chi connectivity index (χ0) is 19.1. The fraction of sp³-hybridized carbons (Fsp3) is 0.364. The molecule has 1 amide bonds. The first-order valence-corrected chi connectivity index (χ1v) is 9.44. The molecule has 1 aliphatic rings. The molecule has 3 rings (SSSR count). The SMILES string of the molecule is CN(C(=O)C=Cc1ccc(F)cc1)C1CCN(CCc2ccccn2)CC1. The van der Waals surface area contributed by atoms with Gasteiger partial charge in [0.2, 0.25) is 5.91 Å². The highest BCUT2D eigenvalue weighted by atomic mass is 19.1. The first-order valence-electron chi connectivity index (χ1n) is 9.44. The van der Waals surface area contributed by atoms with Gasteiger partial charge in [-0.2, -0.15) is 0 Å². The van der Waals surface area contributed by atoms with Crippen LogP contribution in [0, 0.1) is 5.82 Å². The van der Waals surface area contributed by atoms with E-state index in [2.05, 4.69) is 16.0 Å². The fourth-order valence-electron chi connectivity index (χ4n) is 3.39. The molecule has 0 bridgehead atoms. The van der Waals surface area contributed by atoms with Crippen molar-refractivity contribution in [2.45, 2.75) is 25.3 Å². The second kappa shape index (κ2) is 9.42. The number of amides is 1. The smallest absolute Gasteiger partial charge is 0.246 e. The summed E-state index contributed by atoms with van der Waals surface area (Å²) < 4.78 is 12.9. The number of hydrogen-bond donors (Lipinski definition) is 0. The summed E-state index contributed by atoms with van der Waals surface area (Å²) in [4.78, 5) is 21.1. The number of carbonyl (C=O) groups excluding carboxylic acids is 1. The van der Waals surface area contributed by atoms with Crippen LogP contribution in [0.1, 0.15) is 24.1 Å². The van der Waals surface area contributed by atoms with Crippen LogP contribution in [0.15, 0.2) is 54.7 Å². The Morgan fingerprint density at radius 2 is 1.96 bits per heavy atom. The van der Waals surface area contributed by atoms with Crippen LogP contribution in [-0.4, -0.2) is 53.4 Å². The first kappa shape index (κ1) is 19.2. The summed E-state index contributed by atoms with van der Waals surface area (Å²) in [5.74, 6) is -0.281. The number of halogens is 1. The number of aromatic nitrogens is 1. The summed E-state index contributed by atoms with van der Waals surface area (Å²) in [6, 6.07) is 12.4. The lowest BCUT2D eigenvalue weighted by Gasteiger charge is -2.36. The van der Waals surface area contributed by atoms with Crippen molar-refractivity contribution < 1.29 is 9.18 Å². The minimum Gasteiger partial charge on any atom is -0.339 e. The summed E-state index contributed by atoms with van der Waals surface area (Å²) in [7, 11) is 1.87. The van der Waals surface area contributed by atoms with E-state index in [1.165, 1.54) is 12.1 Å². The zero-order valence-corrected chi connectivity index (χ0v) is 15.7. The lowest BCUT2D eigenvalue weighted by Crippen LogP contribution is -2.45. The fourth-order valence-corrected chi connectivity index (χ4v) is 3.39. The third kappa shape index (κ3) is 5.73. The minimum atomic E-state index is -0.273. The largest absolute Gasteiger partial charge is 0.339 e. The molecule has 0 N–H and O–H groups in total. The predicted octanol–water partition coefficient (Wildman–Crippen LogP) is 3.40. The van der Waals surface area contributed by atoms with E-state index in [9.17, 15) is 9.18 Å². The summed E-state index contributed by atoms with van der Waals surface area (Å²) in [6.45, 7) is 3.00. The molecule has 0 radical (unpaired) electrons. The highest BCUT2D eigenvalue weighted by molar-refractivity contribution is 5.91. The van der Waals surface area contributed by atoms with Gasteiger partial charge in [-0.15, -0.1) is 0 Å². The Kier molecular flexibility index (Phi) is 6.71. The average Bonchev–Trinajstić information content (AvgIpc) is 2.72. The predicted molar refractivity (Wildman–Crippen MR) is 106 cm³/mol. The molecule has 1 aliphatic heterocycles. The Bertz CT molecular complexity index is 753. The van der Waals surface area contributed by atoms with E-state index >= 15 is 0 Å². The second-order valence-electron chi connectivity index (χ2n) is 6.98. The molecule has 0 atom stereocenters. The maximum atomic E-state index is 12.9. The Morgan fingerprint density at radius 3 is 2.63 bits per heavy atom. The molecule has 5 heteroatoms. The van der Waals surface area contributed by atoms with Crippen LogP contribution in [-0.2, 0) is 11.2 Å². The summed E-state index contributed by atoms with van der Waals surface area (Å²) in [6.07, 6.45) is 8.06. The summed E-state index contributed by atoms with van der Waals surface area (Å²) >= 11 is 0. The van der Waals surface area contributed by atoms with Gasteiger partial charge in [-0.1, -0.05) is 18.2 Å². The molecule has 0 spiro atoms. The molecule has 1 aromatic heterocycles. The van der Waals surface area contributed by atoms with Gasteiger partial charge in [0.25, 0.3) is 0 Å². The normalized spacial score (nSPS) is 15.9. The van der Waals surface area contributed by atoms with Crippen LogP contribution < -0.4 is 0 Å². The number of piperidine rings is 1. The monoisotopic (exact) mass is 367 g/mol. The third-order valence-electron chi connectivity index (χ3n) is 5.15. The van der Waals surface area contributed by atoms with Crippen molar-refractivity contribution in [3.8, 4) is 0 Å². The quantitative estimate of drug-likeness (QED) is 0.734. The lowest BCUT2D eigenvalue weighted by molar-refractivity contribution is -0.127. The van der Waals surface area contributed by atoms with Gasteiger partial charge in [0.1, 0.15) is 5.82 Å². The molecular formula is C22H26FN3O. The molecule has 0 saturated carbocycles. The topological polar surface area (TPSA) is 36.4 Å². The van der Waals surface area contributed by atoms with Gasteiger partial charge in [-0.05, 0) is 48.7 Å². The zero-order valence-electron chi connectivity index (χ0n) is 15.7. The highest BCUT2D eigenvalue weighted by Crippen LogP contribution is 2.16.